The largest absolute Gasteiger partial charge is 0.352 e. The van der Waals surface area contributed by atoms with Gasteiger partial charge in [0.2, 0.25) is 0 Å². The Morgan fingerprint density at radius 1 is 1.26 bits per heavy atom. The Balaban J connectivity index is 2.22. The number of fused-ring (bicyclic) bond motifs is 1. The van der Waals surface area contributed by atoms with Gasteiger partial charge in [0.05, 0.1) is 5.39 Å². The predicted octanol–water partition coefficient (Wildman–Crippen LogP) is 2.54. The summed E-state index contributed by atoms with van der Waals surface area (Å²) in [5.41, 5.74) is 7.46. The highest BCUT2D eigenvalue weighted by molar-refractivity contribution is 7.18. The van der Waals surface area contributed by atoms with Crippen molar-refractivity contribution in [3.8, 4) is 0 Å². The normalized spacial score (nSPS) is 23.5. The second kappa shape index (κ2) is 4.42. The van der Waals surface area contributed by atoms with Crippen LogP contribution < -0.4 is 10.6 Å². The van der Waals surface area contributed by atoms with Crippen molar-refractivity contribution in [3.05, 3.63) is 16.3 Å². The van der Waals surface area contributed by atoms with Crippen LogP contribution in [-0.2, 0) is 0 Å². The Hall–Kier alpha value is -1.20. The van der Waals surface area contributed by atoms with Crippen molar-refractivity contribution in [1.82, 2.24) is 9.97 Å². The molecule has 1 aliphatic rings. The van der Waals surface area contributed by atoms with Crippen LogP contribution in [0.2, 0.25) is 0 Å². The standard InChI is InChI=1S/C14H20N4S/c1-7-9(3)19-14-12(7)13(16-10(4)17-14)18-6-5-11(15)8(18)2/h8,11H,5-6,15H2,1-4H3. The fourth-order valence-corrected chi connectivity index (χ4v) is 3.87. The van der Waals surface area contributed by atoms with Gasteiger partial charge in [0.15, 0.2) is 0 Å². The minimum Gasteiger partial charge on any atom is -0.352 e. The Kier molecular flexibility index (Phi) is 2.98. The van der Waals surface area contributed by atoms with Gasteiger partial charge in [0.1, 0.15) is 16.5 Å². The van der Waals surface area contributed by atoms with Crippen molar-refractivity contribution < 1.29 is 0 Å². The van der Waals surface area contributed by atoms with E-state index in [0.29, 0.717) is 6.04 Å². The zero-order valence-electron chi connectivity index (χ0n) is 11.9. The van der Waals surface area contributed by atoms with Crippen molar-refractivity contribution in [2.75, 3.05) is 11.4 Å². The molecule has 4 nitrogen and oxygen atoms in total. The monoisotopic (exact) mass is 276 g/mol. The number of aryl methyl sites for hydroxylation is 3. The fraction of sp³-hybridized carbons (Fsp3) is 0.571. The quantitative estimate of drug-likeness (QED) is 0.869. The first-order chi connectivity index (χ1) is 8.99. The number of aromatic nitrogens is 2. The third kappa shape index (κ3) is 1.92. The van der Waals surface area contributed by atoms with E-state index in [0.717, 1.165) is 29.4 Å². The molecule has 0 spiro atoms. The highest BCUT2D eigenvalue weighted by atomic mass is 32.1. The van der Waals surface area contributed by atoms with Gasteiger partial charge in [0, 0.05) is 23.5 Å². The van der Waals surface area contributed by atoms with Crippen LogP contribution in [0, 0.1) is 20.8 Å². The second-order valence-corrected chi connectivity index (χ2v) is 6.65. The number of rotatable bonds is 1. The topological polar surface area (TPSA) is 55.0 Å². The summed E-state index contributed by atoms with van der Waals surface area (Å²) in [7, 11) is 0. The van der Waals surface area contributed by atoms with Gasteiger partial charge in [-0.3, -0.25) is 0 Å². The molecular weight excluding hydrogens is 256 g/mol. The molecule has 5 heteroatoms. The second-order valence-electron chi connectivity index (χ2n) is 5.44. The third-order valence-electron chi connectivity index (χ3n) is 4.21. The maximum absolute atomic E-state index is 6.15. The molecule has 102 valence electrons. The van der Waals surface area contributed by atoms with Gasteiger partial charge in [-0.15, -0.1) is 11.3 Å². The maximum Gasteiger partial charge on any atom is 0.141 e. The molecule has 0 aliphatic carbocycles. The van der Waals surface area contributed by atoms with E-state index in [-0.39, 0.29) is 6.04 Å². The molecule has 19 heavy (non-hydrogen) atoms. The Bertz CT molecular complexity index is 634. The molecule has 2 aromatic heterocycles. The van der Waals surface area contributed by atoms with Crippen molar-refractivity contribution in [1.29, 1.82) is 0 Å². The number of nitrogens with zero attached hydrogens (tertiary/aromatic N) is 3. The van der Waals surface area contributed by atoms with E-state index in [2.05, 4.69) is 30.7 Å². The van der Waals surface area contributed by atoms with Gasteiger partial charge in [-0.1, -0.05) is 0 Å². The highest BCUT2D eigenvalue weighted by Crippen LogP contribution is 2.37. The number of anilines is 1. The summed E-state index contributed by atoms with van der Waals surface area (Å²) in [6.07, 6.45) is 1.04. The van der Waals surface area contributed by atoms with Crippen molar-refractivity contribution in [2.24, 2.45) is 5.73 Å². The molecule has 0 radical (unpaired) electrons. The average Bonchev–Trinajstić information content (AvgIpc) is 2.81. The number of thiophene rings is 1. The summed E-state index contributed by atoms with van der Waals surface area (Å²) >= 11 is 1.76. The molecule has 2 unspecified atom stereocenters. The first-order valence-corrected chi connectivity index (χ1v) is 7.57. The number of hydrogen-bond donors (Lipinski definition) is 1. The predicted molar refractivity (Wildman–Crippen MR) is 81.0 cm³/mol. The summed E-state index contributed by atoms with van der Waals surface area (Å²) in [5.74, 6) is 1.92. The highest BCUT2D eigenvalue weighted by Gasteiger charge is 2.31. The minimum absolute atomic E-state index is 0.241. The Labute approximate surface area is 117 Å². The maximum atomic E-state index is 6.15. The van der Waals surface area contributed by atoms with Crippen LogP contribution >= 0.6 is 11.3 Å². The summed E-state index contributed by atoms with van der Waals surface area (Å²) in [4.78, 5) is 14.1. The van der Waals surface area contributed by atoms with E-state index >= 15 is 0 Å². The van der Waals surface area contributed by atoms with E-state index in [4.69, 9.17) is 10.7 Å². The minimum atomic E-state index is 0.241. The molecule has 1 saturated heterocycles. The fourth-order valence-electron chi connectivity index (χ4n) is 2.80. The SMILES string of the molecule is Cc1nc(N2CCC(N)C2C)c2c(C)c(C)sc2n1. The molecule has 0 saturated carbocycles. The van der Waals surface area contributed by atoms with E-state index in [1.165, 1.54) is 15.8 Å². The van der Waals surface area contributed by atoms with Crippen molar-refractivity contribution in [2.45, 2.75) is 46.2 Å². The molecule has 0 amide bonds. The number of hydrogen-bond acceptors (Lipinski definition) is 5. The van der Waals surface area contributed by atoms with E-state index in [9.17, 15) is 0 Å². The third-order valence-corrected chi connectivity index (χ3v) is 5.31. The van der Waals surface area contributed by atoms with Gasteiger partial charge >= 0.3 is 0 Å². The van der Waals surface area contributed by atoms with E-state index in [1.807, 2.05) is 6.92 Å². The molecule has 1 aliphatic heterocycles. The first-order valence-electron chi connectivity index (χ1n) is 6.75. The van der Waals surface area contributed by atoms with Crippen LogP contribution in [0.3, 0.4) is 0 Å². The van der Waals surface area contributed by atoms with Crippen LogP contribution in [0.5, 0.6) is 0 Å². The Morgan fingerprint density at radius 3 is 2.63 bits per heavy atom. The molecule has 0 bridgehead atoms. The van der Waals surface area contributed by atoms with Gasteiger partial charge < -0.3 is 10.6 Å². The first kappa shape index (κ1) is 12.8. The van der Waals surface area contributed by atoms with Crippen LogP contribution in [0.25, 0.3) is 10.2 Å². The van der Waals surface area contributed by atoms with Crippen molar-refractivity contribution in [3.63, 3.8) is 0 Å². The lowest BCUT2D eigenvalue weighted by molar-refractivity contribution is 0.622. The summed E-state index contributed by atoms with van der Waals surface area (Å²) in [6.45, 7) is 9.46. The van der Waals surface area contributed by atoms with Gasteiger partial charge in [-0.05, 0) is 39.7 Å². The van der Waals surface area contributed by atoms with Crippen LogP contribution in [0.15, 0.2) is 0 Å². The van der Waals surface area contributed by atoms with Crippen LogP contribution in [0.4, 0.5) is 5.82 Å². The Morgan fingerprint density at radius 2 is 2.00 bits per heavy atom. The summed E-state index contributed by atoms with van der Waals surface area (Å²) < 4.78 is 0. The smallest absolute Gasteiger partial charge is 0.141 e. The lowest BCUT2D eigenvalue weighted by Gasteiger charge is -2.25. The van der Waals surface area contributed by atoms with Gasteiger partial charge in [-0.2, -0.15) is 0 Å². The van der Waals surface area contributed by atoms with Gasteiger partial charge in [-0.25, -0.2) is 9.97 Å². The molecule has 1 fully saturated rings. The lowest BCUT2D eigenvalue weighted by Crippen LogP contribution is -2.37. The zero-order chi connectivity index (χ0) is 13.7. The molecule has 2 atom stereocenters. The van der Waals surface area contributed by atoms with Crippen LogP contribution in [-0.4, -0.2) is 28.6 Å². The molecular formula is C14H20N4S. The van der Waals surface area contributed by atoms with Gasteiger partial charge in [0.25, 0.3) is 0 Å². The number of nitrogens with two attached hydrogens (primary N) is 1. The summed E-state index contributed by atoms with van der Waals surface area (Å²) in [5, 5.41) is 1.22. The molecule has 2 N–H and O–H groups in total. The molecule has 0 aromatic carbocycles. The van der Waals surface area contributed by atoms with Crippen molar-refractivity contribution >= 4 is 27.4 Å². The average molecular weight is 276 g/mol. The lowest BCUT2D eigenvalue weighted by atomic mass is 10.1. The molecule has 3 heterocycles. The summed E-state index contributed by atoms with van der Waals surface area (Å²) in [6, 6.07) is 0.586. The van der Waals surface area contributed by atoms with E-state index in [1.54, 1.807) is 11.3 Å². The molecule has 2 aromatic rings. The zero-order valence-corrected chi connectivity index (χ0v) is 12.7. The molecule has 3 rings (SSSR count). The van der Waals surface area contributed by atoms with E-state index < -0.39 is 0 Å². The van der Waals surface area contributed by atoms with Crippen LogP contribution in [0.1, 0.15) is 29.6 Å².